The summed E-state index contributed by atoms with van der Waals surface area (Å²) in [5, 5.41) is 0. The molecule has 3 amide bonds. The minimum Gasteiger partial charge on any atom is -0.493 e. The van der Waals surface area contributed by atoms with Gasteiger partial charge in [-0.3, -0.25) is 19.3 Å². The van der Waals surface area contributed by atoms with Crippen LogP contribution in [0.1, 0.15) is 43.4 Å². The standard InChI is InChI=1S/C28H26N2O6/c1-15-10-16(2)12-18(11-15)29-23(17-13-21(34-3)25(36-5)22(14-17)35-4)24(28(29)33)30-26(31)19-8-6-7-9-20(19)27(30)32/h6-14,23-24H,1-5H3/t23-,24-/m1/s1. The van der Waals surface area contributed by atoms with Crippen LogP contribution in [0.25, 0.3) is 0 Å². The van der Waals surface area contributed by atoms with Gasteiger partial charge in [0.1, 0.15) is 6.04 Å². The van der Waals surface area contributed by atoms with Crippen molar-refractivity contribution in [3.63, 3.8) is 0 Å². The quantitative estimate of drug-likeness (QED) is 0.386. The lowest BCUT2D eigenvalue weighted by Crippen LogP contribution is -2.67. The highest BCUT2D eigenvalue weighted by molar-refractivity contribution is 6.24. The number of hydrogen-bond donors (Lipinski definition) is 0. The number of rotatable bonds is 6. The predicted octanol–water partition coefficient (Wildman–Crippen LogP) is 4.08. The van der Waals surface area contributed by atoms with E-state index in [0.29, 0.717) is 39.6 Å². The maximum atomic E-state index is 13.7. The maximum Gasteiger partial charge on any atom is 0.262 e. The van der Waals surface area contributed by atoms with Crippen LogP contribution in [0.3, 0.4) is 0 Å². The van der Waals surface area contributed by atoms with Gasteiger partial charge in [0.2, 0.25) is 5.75 Å². The first-order valence-corrected chi connectivity index (χ1v) is 11.5. The van der Waals surface area contributed by atoms with Crippen molar-refractivity contribution in [1.29, 1.82) is 0 Å². The summed E-state index contributed by atoms with van der Waals surface area (Å²) in [5.74, 6) is -0.0730. The second-order valence-corrected chi connectivity index (χ2v) is 8.93. The van der Waals surface area contributed by atoms with Gasteiger partial charge in [-0.25, -0.2) is 0 Å². The molecule has 8 nitrogen and oxygen atoms in total. The van der Waals surface area contributed by atoms with Gasteiger partial charge in [-0.05, 0) is 66.9 Å². The number of imide groups is 1. The molecule has 0 radical (unpaired) electrons. The first-order chi connectivity index (χ1) is 17.3. The van der Waals surface area contributed by atoms with E-state index in [4.69, 9.17) is 14.2 Å². The van der Waals surface area contributed by atoms with Crippen LogP contribution in [0.5, 0.6) is 17.2 Å². The fourth-order valence-corrected chi connectivity index (χ4v) is 5.17. The van der Waals surface area contributed by atoms with E-state index in [-0.39, 0.29) is 5.91 Å². The Morgan fingerprint density at radius 3 is 1.67 bits per heavy atom. The molecule has 0 aromatic heterocycles. The third-order valence-electron chi connectivity index (χ3n) is 6.68. The number of carbonyl (C=O) groups is 3. The van der Waals surface area contributed by atoms with E-state index < -0.39 is 23.9 Å². The Kier molecular flexibility index (Phi) is 5.67. The molecular weight excluding hydrogens is 460 g/mol. The van der Waals surface area contributed by atoms with E-state index in [9.17, 15) is 14.4 Å². The Morgan fingerprint density at radius 1 is 0.667 bits per heavy atom. The average Bonchev–Trinajstić information content (AvgIpc) is 3.11. The van der Waals surface area contributed by atoms with Crippen LogP contribution in [-0.4, -0.2) is 50.0 Å². The summed E-state index contributed by atoms with van der Waals surface area (Å²) in [6.07, 6.45) is 0. The topological polar surface area (TPSA) is 85.4 Å². The zero-order chi connectivity index (χ0) is 25.7. The second kappa shape index (κ2) is 8.71. The monoisotopic (exact) mass is 486 g/mol. The van der Waals surface area contributed by atoms with Crippen molar-refractivity contribution < 1.29 is 28.6 Å². The molecule has 0 aliphatic carbocycles. The van der Waals surface area contributed by atoms with E-state index in [1.54, 1.807) is 41.3 Å². The number of fused-ring (bicyclic) bond motifs is 1. The second-order valence-electron chi connectivity index (χ2n) is 8.93. The van der Waals surface area contributed by atoms with E-state index >= 15 is 0 Å². The minimum absolute atomic E-state index is 0.295. The molecule has 5 rings (SSSR count). The van der Waals surface area contributed by atoms with Gasteiger partial charge in [-0.1, -0.05) is 18.2 Å². The van der Waals surface area contributed by atoms with Crippen molar-refractivity contribution in [2.75, 3.05) is 26.2 Å². The summed E-state index contributed by atoms with van der Waals surface area (Å²) >= 11 is 0. The summed E-state index contributed by atoms with van der Waals surface area (Å²) < 4.78 is 16.5. The molecule has 184 valence electrons. The Hall–Kier alpha value is -4.33. The van der Waals surface area contributed by atoms with Crippen molar-refractivity contribution in [3.8, 4) is 17.2 Å². The highest BCUT2D eigenvalue weighted by atomic mass is 16.5. The first-order valence-electron chi connectivity index (χ1n) is 11.5. The third-order valence-corrected chi connectivity index (χ3v) is 6.68. The van der Waals surface area contributed by atoms with Gasteiger partial charge in [0.05, 0.1) is 38.5 Å². The SMILES string of the molecule is COc1cc([C@@H]2[C@@H](N3C(=O)c4ccccc4C3=O)C(=O)N2c2cc(C)cc(C)c2)cc(OC)c1OC. The van der Waals surface area contributed by atoms with Crippen molar-refractivity contribution >= 4 is 23.4 Å². The molecule has 2 heterocycles. The van der Waals surface area contributed by atoms with E-state index in [1.165, 1.54) is 21.3 Å². The van der Waals surface area contributed by atoms with Gasteiger partial charge < -0.3 is 19.1 Å². The third kappa shape index (κ3) is 3.40. The lowest BCUT2D eigenvalue weighted by atomic mass is 9.85. The zero-order valence-electron chi connectivity index (χ0n) is 20.7. The molecule has 1 saturated heterocycles. The van der Waals surface area contributed by atoms with Crippen LogP contribution in [0, 0.1) is 13.8 Å². The Balaban J connectivity index is 1.67. The summed E-state index contributed by atoms with van der Waals surface area (Å²) in [7, 11) is 4.53. The smallest absolute Gasteiger partial charge is 0.262 e. The number of carbonyl (C=O) groups excluding carboxylic acids is 3. The molecule has 2 aliphatic rings. The van der Waals surface area contributed by atoms with E-state index in [1.807, 2.05) is 32.0 Å². The summed E-state index contributed by atoms with van der Waals surface area (Å²) in [5.41, 5.74) is 3.90. The van der Waals surface area contributed by atoms with Gasteiger partial charge >= 0.3 is 0 Å². The van der Waals surface area contributed by atoms with Crippen LogP contribution in [-0.2, 0) is 4.79 Å². The van der Waals surface area contributed by atoms with Gasteiger partial charge in [0, 0.05) is 5.69 Å². The van der Waals surface area contributed by atoms with Crippen LogP contribution in [0.2, 0.25) is 0 Å². The van der Waals surface area contributed by atoms with E-state index in [0.717, 1.165) is 16.0 Å². The molecule has 3 aromatic carbocycles. The highest BCUT2D eigenvalue weighted by Gasteiger charge is 2.57. The minimum atomic E-state index is -1.03. The number of benzene rings is 3. The molecule has 2 aliphatic heterocycles. The van der Waals surface area contributed by atoms with Gasteiger partial charge in [0.25, 0.3) is 17.7 Å². The van der Waals surface area contributed by atoms with Crippen molar-refractivity contribution in [2.45, 2.75) is 25.9 Å². The fourth-order valence-electron chi connectivity index (χ4n) is 5.17. The summed E-state index contributed by atoms with van der Waals surface area (Å²) in [6, 6.07) is 14.3. The van der Waals surface area contributed by atoms with Gasteiger partial charge in [-0.15, -0.1) is 0 Å². The molecule has 1 fully saturated rings. The van der Waals surface area contributed by atoms with E-state index in [2.05, 4.69) is 0 Å². The zero-order valence-corrected chi connectivity index (χ0v) is 20.7. The number of ether oxygens (including phenoxy) is 3. The normalized spacial score (nSPS) is 18.8. The average molecular weight is 487 g/mol. The predicted molar refractivity (Wildman–Crippen MR) is 133 cm³/mol. The lowest BCUT2D eigenvalue weighted by Gasteiger charge is -2.50. The van der Waals surface area contributed by atoms with Crippen molar-refractivity contribution in [3.05, 3.63) is 82.4 Å². The molecule has 0 N–H and O–H groups in total. The van der Waals surface area contributed by atoms with Gasteiger partial charge in [0.15, 0.2) is 11.5 Å². The van der Waals surface area contributed by atoms with Crippen LogP contribution in [0.4, 0.5) is 5.69 Å². The maximum absolute atomic E-state index is 13.7. The highest BCUT2D eigenvalue weighted by Crippen LogP contribution is 2.48. The summed E-state index contributed by atoms with van der Waals surface area (Å²) in [6.45, 7) is 3.91. The number of aryl methyl sites for hydroxylation is 2. The van der Waals surface area contributed by atoms with Gasteiger partial charge in [-0.2, -0.15) is 0 Å². The fraction of sp³-hybridized carbons (Fsp3) is 0.250. The molecule has 0 unspecified atom stereocenters. The molecule has 0 saturated carbocycles. The molecule has 8 heteroatoms. The lowest BCUT2D eigenvalue weighted by molar-refractivity contribution is -0.130. The Bertz CT molecular complexity index is 1330. The molecule has 0 spiro atoms. The largest absolute Gasteiger partial charge is 0.493 e. The van der Waals surface area contributed by atoms with Crippen LogP contribution in [0.15, 0.2) is 54.6 Å². The first kappa shape index (κ1) is 23.4. The Labute approximate surface area is 209 Å². The number of nitrogens with zero attached hydrogens (tertiary/aromatic N) is 2. The molecule has 2 atom stereocenters. The molecular formula is C28H26N2O6. The van der Waals surface area contributed by atoms with Crippen LogP contribution >= 0.6 is 0 Å². The molecule has 3 aromatic rings. The van der Waals surface area contributed by atoms with Crippen LogP contribution < -0.4 is 19.1 Å². The molecule has 0 bridgehead atoms. The van der Waals surface area contributed by atoms with Crippen molar-refractivity contribution in [2.24, 2.45) is 0 Å². The number of amides is 3. The molecule has 36 heavy (non-hydrogen) atoms. The summed E-state index contributed by atoms with van der Waals surface area (Å²) in [4.78, 5) is 43.1. The van der Waals surface area contributed by atoms with Crippen molar-refractivity contribution in [1.82, 2.24) is 4.90 Å². The Morgan fingerprint density at radius 2 is 1.19 bits per heavy atom. The number of methoxy groups -OCH3 is 3. The number of anilines is 1. The number of hydrogen-bond acceptors (Lipinski definition) is 6. The number of β-lactam (4-membered cyclic amide) rings is 1.